The van der Waals surface area contributed by atoms with Crippen LogP contribution in [0.4, 0.5) is 0 Å². The number of nitrogens with one attached hydrogen (secondary N) is 1. The molecule has 0 aromatic heterocycles. The summed E-state index contributed by atoms with van der Waals surface area (Å²) in [6.45, 7) is 4.13. The lowest BCUT2D eigenvalue weighted by Crippen LogP contribution is -2.55. The van der Waals surface area contributed by atoms with Crippen LogP contribution in [-0.2, 0) is 19.4 Å². The van der Waals surface area contributed by atoms with Crippen molar-refractivity contribution in [2.75, 3.05) is 24.6 Å². The zero-order valence-corrected chi connectivity index (χ0v) is 15.4. The van der Waals surface area contributed by atoms with E-state index in [1.807, 2.05) is 13.8 Å². The number of amides is 2. The molecule has 0 aromatic rings. The summed E-state index contributed by atoms with van der Waals surface area (Å²) in [5, 5.41) is 2.73. The van der Waals surface area contributed by atoms with Gasteiger partial charge in [0.05, 0.1) is 24.0 Å². The predicted molar refractivity (Wildman–Crippen MR) is 92.0 cm³/mol. The first-order chi connectivity index (χ1) is 11.1. The van der Waals surface area contributed by atoms with Crippen LogP contribution in [0.3, 0.4) is 0 Å². The topological polar surface area (TPSA) is 110 Å². The van der Waals surface area contributed by atoms with E-state index in [2.05, 4.69) is 5.32 Å². The highest BCUT2D eigenvalue weighted by Crippen LogP contribution is 2.32. The summed E-state index contributed by atoms with van der Waals surface area (Å²) in [7, 11) is -3.04. The molecule has 2 amide bonds. The minimum absolute atomic E-state index is 0.0116. The molecule has 3 unspecified atom stereocenters. The van der Waals surface area contributed by atoms with Crippen LogP contribution in [0.5, 0.6) is 0 Å². The number of hydrogen-bond donors (Lipinski definition) is 2. The Morgan fingerprint density at radius 3 is 2.54 bits per heavy atom. The Morgan fingerprint density at radius 1 is 1.29 bits per heavy atom. The quantitative estimate of drug-likeness (QED) is 0.720. The zero-order valence-electron chi connectivity index (χ0n) is 14.6. The molecule has 2 rings (SSSR count). The molecule has 1 heterocycles. The van der Waals surface area contributed by atoms with Crippen molar-refractivity contribution >= 4 is 21.7 Å². The molecule has 3 N–H and O–H groups in total. The molecule has 0 radical (unpaired) electrons. The van der Waals surface area contributed by atoms with E-state index in [0.29, 0.717) is 13.0 Å². The lowest BCUT2D eigenvalue weighted by molar-refractivity contribution is -0.142. The number of nitrogens with zero attached hydrogens (tertiary/aromatic N) is 1. The fourth-order valence-electron chi connectivity index (χ4n) is 3.69. The van der Waals surface area contributed by atoms with Crippen molar-refractivity contribution in [3.63, 3.8) is 0 Å². The number of hydrogen-bond acceptors (Lipinski definition) is 5. The van der Waals surface area contributed by atoms with Crippen LogP contribution in [0, 0.1) is 5.92 Å². The van der Waals surface area contributed by atoms with Gasteiger partial charge in [-0.25, -0.2) is 8.42 Å². The van der Waals surface area contributed by atoms with Gasteiger partial charge in [-0.15, -0.1) is 0 Å². The first-order valence-corrected chi connectivity index (χ1v) is 10.5. The number of sulfone groups is 1. The fraction of sp³-hybridized carbons (Fsp3) is 0.875. The van der Waals surface area contributed by atoms with E-state index in [1.54, 1.807) is 0 Å². The van der Waals surface area contributed by atoms with Crippen molar-refractivity contribution in [3.05, 3.63) is 0 Å². The summed E-state index contributed by atoms with van der Waals surface area (Å²) in [5.74, 6) is -0.534. The highest BCUT2D eigenvalue weighted by atomic mass is 32.2. The molecule has 1 saturated heterocycles. The normalized spacial score (nSPS) is 32.3. The molecule has 1 saturated carbocycles. The van der Waals surface area contributed by atoms with Crippen molar-refractivity contribution in [1.29, 1.82) is 0 Å². The van der Waals surface area contributed by atoms with Crippen LogP contribution in [0.15, 0.2) is 0 Å². The second-order valence-electron chi connectivity index (χ2n) is 7.32. The SMILES string of the molecule is CCN(CC(=O)NC1CCS(=O)(=O)C1)C(=O)C1CCCCC1(C)N. The van der Waals surface area contributed by atoms with Gasteiger partial charge in [0, 0.05) is 18.1 Å². The summed E-state index contributed by atoms with van der Waals surface area (Å²) < 4.78 is 22.9. The number of carbonyl (C=O) groups is 2. The van der Waals surface area contributed by atoms with Gasteiger partial charge in [0.2, 0.25) is 11.8 Å². The zero-order chi connectivity index (χ0) is 18.0. The van der Waals surface area contributed by atoms with Crippen molar-refractivity contribution in [1.82, 2.24) is 10.2 Å². The average molecular weight is 359 g/mol. The molecular weight excluding hydrogens is 330 g/mol. The van der Waals surface area contributed by atoms with E-state index in [1.165, 1.54) is 4.90 Å². The predicted octanol–water partition coefficient (Wildman–Crippen LogP) is 0.0458. The molecule has 138 valence electrons. The van der Waals surface area contributed by atoms with Gasteiger partial charge in [-0.1, -0.05) is 12.8 Å². The third kappa shape index (κ3) is 4.69. The molecule has 2 aliphatic rings. The smallest absolute Gasteiger partial charge is 0.239 e. The van der Waals surface area contributed by atoms with Gasteiger partial charge in [-0.3, -0.25) is 9.59 Å². The van der Waals surface area contributed by atoms with Gasteiger partial charge in [-0.05, 0) is 33.1 Å². The molecule has 0 aromatic carbocycles. The molecular formula is C16H29N3O4S. The third-order valence-electron chi connectivity index (χ3n) is 5.18. The average Bonchev–Trinajstić information content (AvgIpc) is 2.82. The van der Waals surface area contributed by atoms with E-state index in [-0.39, 0.29) is 41.8 Å². The number of carbonyl (C=O) groups excluding carboxylic acids is 2. The molecule has 8 heteroatoms. The van der Waals surface area contributed by atoms with Gasteiger partial charge in [0.1, 0.15) is 0 Å². The third-order valence-corrected chi connectivity index (χ3v) is 6.95. The van der Waals surface area contributed by atoms with Crippen LogP contribution in [0.1, 0.15) is 46.0 Å². The number of rotatable bonds is 5. The lowest BCUT2D eigenvalue weighted by atomic mass is 9.74. The summed E-state index contributed by atoms with van der Waals surface area (Å²) in [6.07, 6.45) is 4.02. The Bertz CT molecular complexity index is 588. The molecule has 1 aliphatic carbocycles. The summed E-state index contributed by atoms with van der Waals surface area (Å²) in [6, 6.07) is -0.342. The summed E-state index contributed by atoms with van der Waals surface area (Å²) in [4.78, 5) is 26.5. The van der Waals surface area contributed by atoms with Crippen molar-refractivity contribution < 1.29 is 18.0 Å². The monoisotopic (exact) mass is 359 g/mol. The lowest BCUT2D eigenvalue weighted by Gasteiger charge is -2.39. The fourth-order valence-corrected chi connectivity index (χ4v) is 5.36. The molecule has 3 atom stereocenters. The minimum atomic E-state index is -3.04. The summed E-state index contributed by atoms with van der Waals surface area (Å²) >= 11 is 0. The second-order valence-corrected chi connectivity index (χ2v) is 9.55. The molecule has 7 nitrogen and oxygen atoms in total. The molecule has 2 fully saturated rings. The molecule has 0 bridgehead atoms. The van der Waals surface area contributed by atoms with E-state index in [0.717, 1.165) is 25.7 Å². The van der Waals surface area contributed by atoms with E-state index in [9.17, 15) is 18.0 Å². The van der Waals surface area contributed by atoms with Crippen LogP contribution >= 0.6 is 0 Å². The second kappa shape index (κ2) is 7.39. The van der Waals surface area contributed by atoms with Crippen LogP contribution in [0.2, 0.25) is 0 Å². The first-order valence-electron chi connectivity index (χ1n) is 8.72. The van der Waals surface area contributed by atoms with Crippen molar-refractivity contribution in [2.45, 2.75) is 57.5 Å². The van der Waals surface area contributed by atoms with E-state index in [4.69, 9.17) is 5.73 Å². The molecule has 24 heavy (non-hydrogen) atoms. The van der Waals surface area contributed by atoms with Gasteiger partial charge >= 0.3 is 0 Å². The van der Waals surface area contributed by atoms with Crippen molar-refractivity contribution in [2.24, 2.45) is 11.7 Å². The van der Waals surface area contributed by atoms with E-state index >= 15 is 0 Å². The van der Waals surface area contributed by atoms with E-state index < -0.39 is 15.4 Å². The first kappa shape index (κ1) is 19.2. The Kier molecular flexibility index (Phi) is 5.91. The minimum Gasteiger partial charge on any atom is -0.351 e. The van der Waals surface area contributed by atoms with Crippen molar-refractivity contribution in [3.8, 4) is 0 Å². The Labute approximate surface area is 144 Å². The standard InChI is InChI=1S/C16H29N3O4S/c1-3-19(15(21)13-6-4-5-8-16(13,2)17)10-14(20)18-12-7-9-24(22,23)11-12/h12-13H,3-11,17H2,1-2H3,(H,18,20). The summed E-state index contributed by atoms with van der Waals surface area (Å²) in [5.41, 5.74) is 5.76. The molecule has 0 spiro atoms. The largest absolute Gasteiger partial charge is 0.351 e. The van der Waals surface area contributed by atoms with Crippen LogP contribution in [-0.4, -0.2) is 61.3 Å². The maximum Gasteiger partial charge on any atom is 0.239 e. The Morgan fingerprint density at radius 2 is 2.00 bits per heavy atom. The Balaban J connectivity index is 1.93. The maximum atomic E-state index is 12.8. The highest BCUT2D eigenvalue weighted by molar-refractivity contribution is 7.91. The van der Waals surface area contributed by atoms with Crippen LogP contribution < -0.4 is 11.1 Å². The Hall–Kier alpha value is -1.15. The maximum absolute atomic E-state index is 12.8. The van der Waals surface area contributed by atoms with Gasteiger partial charge < -0.3 is 16.0 Å². The number of nitrogens with two attached hydrogens (primary N) is 1. The number of likely N-dealkylation sites (N-methyl/N-ethyl adjacent to an activating group) is 1. The highest BCUT2D eigenvalue weighted by Gasteiger charge is 2.40. The van der Waals surface area contributed by atoms with Gasteiger partial charge in [0.25, 0.3) is 0 Å². The molecule has 1 aliphatic heterocycles. The van der Waals surface area contributed by atoms with Gasteiger partial charge in [-0.2, -0.15) is 0 Å². The van der Waals surface area contributed by atoms with Crippen LogP contribution in [0.25, 0.3) is 0 Å². The van der Waals surface area contributed by atoms with Gasteiger partial charge in [0.15, 0.2) is 9.84 Å².